The minimum atomic E-state index is -0.110. The lowest BCUT2D eigenvalue weighted by Crippen LogP contribution is -2.45. The van der Waals surface area contributed by atoms with Gasteiger partial charge in [0, 0.05) is 19.7 Å². The molecule has 2 unspecified atom stereocenters. The molecule has 2 rings (SSSR count). The van der Waals surface area contributed by atoms with Gasteiger partial charge >= 0.3 is 0 Å². The maximum Gasteiger partial charge on any atom is 0.169 e. The Bertz CT molecular complexity index is 329. The van der Waals surface area contributed by atoms with Crippen molar-refractivity contribution in [3.63, 3.8) is 0 Å². The summed E-state index contributed by atoms with van der Waals surface area (Å²) in [5.41, 5.74) is 1.21. The Labute approximate surface area is 96.1 Å². The van der Waals surface area contributed by atoms with Crippen molar-refractivity contribution in [2.75, 3.05) is 20.3 Å². The molecule has 1 N–H and O–H groups in total. The molecule has 0 aliphatic carbocycles. The first-order valence-corrected chi connectivity index (χ1v) is 5.49. The van der Waals surface area contributed by atoms with E-state index in [0.717, 1.165) is 6.54 Å². The van der Waals surface area contributed by atoms with Gasteiger partial charge in [-0.15, -0.1) is 0 Å². The van der Waals surface area contributed by atoms with Gasteiger partial charge in [0.2, 0.25) is 0 Å². The Kier molecular flexibility index (Phi) is 4.10. The van der Waals surface area contributed by atoms with Gasteiger partial charge in [-0.2, -0.15) is 0 Å². The van der Waals surface area contributed by atoms with Crippen molar-refractivity contribution in [3.8, 4) is 0 Å². The molecule has 0 aromatic heterocycles. The second-order valence-corrected chi connectivity index (χ2v) is 3.78. The third kappa shape index (κ3) is 3.17. The molecule has 1 fully saturated rings. The topological polar surface area (TPSA) is 30.5 Å². The van der Waals surface area contributed by atoms with Crippen molar-refractivity contribution < 1.29 is 9.47 Å². The highest BCUT2D eigenvalue weighted by atomic mass is 16.7. The largest absolute Gasteiger partial charge is 0.355 e. The van der Waals surface area contributed by atoms with Crippen molar-refractivity contribution in [2.24, 2.45) is 0 Å². The van der Waals surface area contributed by atoms with Crippen molar-refractivity contribution in [1.29, 1.82) is 0 Å². The van der Waals surface area contributed by atoms with Gasteiger partial charge in [0.25, 0.3) is 0 Å². The van der Waals surface area contributed by atoms with Crippen LogP contribution in [0.4, 0.5) is 0 Å². The minimum Gasteiger partial charge on any atom is -0.355 e. The molecule has 1 aromatic carbocycles. The van der Waals surface area contributed by atoms with Crippen LogP contribution in [-0.4, -0.2) is 32.6 Å². The zero-order valence-electron chi connectivity index (χ0n) is 9.43. The lowest BCUT2D eigenvalue weighted by atomic mass is 10.1. The fraction of sp³-hybridized carbons (Fsp3) is 0.385. The van der Waals surface area contributed by atoms with Crippen LogP contribution in [0.15, 0.2) is 36.4 Å². The third-order valence-corrected chi connectivity index (χ3v) is 2.59. The minimum absolute atomic E-state index is 0.110. The summed E-state index contributed by atoms with van der Waals surface area (Å²) in [5.74, 6) is 0. The van der Waals surface area contributed by atoms with Gasteiger partial charge in [0.15, 0.2) is 6.29 Å². The molecule has 1 heterocycles. The van der Waals surface area contributed by atoms with E-state index in [-0.39, 0.29) is 12.3 Å². The number of methoxy groups -OCH3 is 1. The lowest BCUT2D eigenvalue weighted by molar-refractivity contribution is -0.142. The summed E-state index contributed by atoms with van der Waals surface area (Å²) in [6.45, 7) is 1.39. The molecule has 0 saturated carbocycles. The average molecular weight is 219 g/mol. The Balaban J connectivity index is 1.85. The zero-order chi connectivity index (χ0) is 11.2. The highest BCUT2D eigenvalue weighted by Gasteiger charge is 2.17. The first kappa shape index (κ1) is 11.3. The van der Waals surface area contributed by atoms with E-state index in [1.807, 2.05) is 18.2 Å². The van der Waals surface area contributed by atoms with Gasteiger partial charge in [-0.05, 0) is 5.56 Å². The van der Waals surface area contributed by atoms with E-state index in [9.17, 15) is 0 Å². The molecule has 86 valence electrons. The normalized spacial score (nSPS) is 26.1. The van der Waals surface area contributed by atoms with Crippen molar-refractivity contribution in [1.82, 2.24) is 5.32 Å². The molecule has 3 heteroatoms. The second kappa shape index (κ2) is 5.80. The summed E-state index contributed by atoms with van der Waals surface area (Å²) >= 11 is 0. The van der Waals surface area contributed by atoms with Crippen LogP contribution in [0.3, 0.4) is 0 Å². The van der Waals surface area contributed by atoms with Crippen molar-refractivity contribution in [2.45, 2.75) is 12.3 Å². The highest BCUT2D eigenvalue weighted by molar-refractivity contribution is 5.49. The van der Waals surface area contributed by atoms with Crippen LogP contribution in [0.1, 0.15) is 5.56 Å². The van der Waals surface area contributed by atoms with Crippen molar-refractivity contribution >= 4 is 6.08 Å². The molecule has 0 amide bonds. The van der Waals surface area contributed by atoms with Crippen LogP contribution < -0.4 is 5.32 Å². The summed E-state index contributed by atoms with van der Waals surface area (Å²) in [4.78, 5) is 0. The van der Waals surface area contributed by atoms with Crippen LogP contribution in [0.2, 0.25) is 0 Å². The number of hydrogen-bond donors (Lipinski definition) is 1. The molecule has 16 heavy (non-hydrogen) atoms. The van der Waals surface area contributed by atoms with E-state index in [1.54, 1.807) is 7.11 Å². The molecule has 0 spiro atoms. The molecule has 1 saturated heterocycles. The van der Waals surface area contributed by atoms with E-state index in [2.05, 4.69) is 29.6 Å². The van der Waals surface area contributed by atoms with Gasteiger partial charge in [-0.1, -0.05) is 42.5 Å². The highest BCUT2D eigenvalue weighted by Crippen LogP contribution is 2.06. The molecule has 2 atom stereocenters. The average Bonchev–Trinajstić information content (AvgIpc) is 2.38. The molecular formula is C13H17NO2. The number of hydrogen-bond acceptors (Lipinski definition) is 3. The maximum atomic E-state index is 5.49. The first-order chi connectivity index (χ1) is 7.88. The third-order valence-electron chi connectivity index (χ3n) is 2.59. The van der Waals surface area contributed by atoms with Crippen LogP contribution >= 0.6 is 0 Å². The molecule has 3 nitrogen and oxygen atoms in total. The van der Waals surface area contributed by atoms with Gasteiger partial charge < -0.3 is 14.8 Å². The number of morpholine rings is 1. The van der Waals surface area contributed by atoms with E-state index in [1.165, 1.54) is 5.56 Å². The Morgan fingerprint density at radius 1 is 1.38 bits per heavy atom. The molecule has 1 aliphatic rings. The maximum absolute atomic E-state index is 5.49. The predicted octanol–water partition coefficient (Wildman–Crippen LogP) is 1.66. The monoisotopic (exact) mass is 219 g/mol. The fourth-order valence-electron chi connectivity index (χ4n) is 1.64. The Hall–Kier alpha value is -1.16. The van der Waals surface area contributed by atoms with Gasteiger partial charge in [0.1, 0.15) is 0 Å². The van der Waals surface area contributed by atoms with Gasteiger partial charge in [-0.25, -0.2) is 0 Å². The standard InChI is InChI=1S/C13H17NO2/c1-15-13-9-14-12(10-16-13)8-7-11-5-3-2-4-6-11/h2-8,12-14H,9-10H2,1H3/b8-7+. The summed E-state index contributed by atoms with van der Waals surface area (Å²) in [6.07, 6.45) is 4.12. The van der Waals surface area contributed by atoms with Gasteiger partial charge in [0.05, 0.1) is 6.61 Å². The molecule has 1 aromatic rings. The van der Waals surface area contributed by atoms with Crippen LogP contribution in [0, 0.1) is 0 Å². The first-order valence-electron chi connectivity index (χ1n) is 5.49. The van der Waals surface area contributed by atoms with E-state index in [0.29, 0.717) is 6.61 Å². The van der Waals surface area contributed by atoms with Gasteiger partial charge in [-0.3, -0.25) is 0 Å². The zero-order valence-corrected chi connectivity index (χ0v) is 9.43. The lowest BCUT2D eigenvalue weighted by Gasteiger charge is -2.27. The SMILES string of the molecule is COC1CNC(/C=C/c2ccccc2)CO1. The fourth-order valence-corrected chi connectivity index (χ4v) is 1.64. The van der Waals surface area contributed by atoms with E-state index in [4.69, 9.17) is 9.47 Å². The summed E-state index contributed by atoms with van der Waals surface area (Å²) in [7, 11) is 1.66. The second-order valence-electron chi connectivity index (χ2n) is 3.78. The smallest absolute Gasteiger partial charge is 0.169 e. The Morgan fingerprint density at radius 3 is 2.81 bits per heavy atom. The van der Waals surface area contributed by atoms with Crippen molar-refractivity contribution in [3.05, 3.63) is 42.0 Å². The number of benzene rings is 1. The molecule has 0 radical (unpaired) electrons. The predicted molar refractivity (Wildman–Crippen MR) is 64.0 cm³/mol. The summed E-state index contributed by atoms with van der Waals surface area (Å²) in [6, 6.07) is 10.5. The Morgan fingerprint density at radius 2 is 2.19 bits per heavy atom. The number of rotatable bonds is 3. The molecule has 1 aliphatic heterocycles. The molecule has 0 bridgehead atoms. The van der Waals surface area contributed by atoms with Crippen LogP contribution in [-0.2, 0) is 9.47 Å². The number of ether oxygens (including phenoxy) is 2. The quantitative estimate of drug-likeness (QED) is 0.838. The van der Waals surface area contributed by atoms with E-state index >= 15 is 0 Å². The van der Waals surface area contributed by atoms with Crippen LogP contribution in [0.5, 0.6) is 0 Å². The van der Waals surface area contributed by atoms with E-state index < -0.39 is 0 Å². The summed E-state index contributed by atoms with van der Waals surface area (Å²) < 4.78 is 10.6. The van der Waals surface area contributed by atoms with Crippen LogP contribution in [0.25, 0.3) is 6.08 Å². The molecular weight excluding hydrogens is 202 g/mol. The number of nitrogens with one attached hydrogen (secondary N) is 1. The summed E-state index contributed by atoms with van der Waals surface area (Å²) in [5, 5.41) is 3.35.